The maximum absolute atomic E-state index is 13.3. The highest BCUT2D eigenvalue weighted by molar-refractivity contribution is 5.91. The Hall–Kier alpha value is -3.34. The number of aromatic amines is 1. The van der Waals surface area contributed by atoms with Gasteiger partial charge in [0.05, 0.1) is 6.26 Å². The van der Waals surface area contributed by atoms with Crippen molar-refractivity contribution < 1.29 is 13.6 Å². The van der Waals surface area contributed by atoms with Crippen LogP contribution in [-0.4, -0.2) is 16.9 Å². The second kappa shape index (κ2) is 8.35. The highest BCUT2D eigenvalue weighted by Gasteiger charge is 2.16. The summed E-state index contributed by atoms with van der Waals surface area (Å²) in [7, 11) is 0. The summed E-state index contributed by atoms with van der Waals surface area (Å²) in [5, 5.41) is 4.12. The number of H-pyrrole nitrogens is 1. The molecule has 1 amide bonds. The third-order valence-corrected chi connectivity index (χ3v) is 5.04. The maximum Gasteiger partial charge on any atom is 0.220 e. The fourth-order valence-corrected chi connectivity index (χ4v) is 3.69. The molecule has 4 rings (SSSR count). The number of nitrogens with one attached hydrogen (secondary N) is 2. The average Bonchev–Trinajstić information content (AvgIpc) is 3.34. The first-order valence-electron chi connectivity index (χ1n) is 9.77. The number of fused-ring (bicyclic) bond motifs is 1. The second-order valence-corrected chi connectivity index (χ2v) is 7.28. The van der Waals surface area contributed by atoms with Crippen LogP contribution in [0.3, 0.4) is 0 Å². The van der Waals surface area contributed by atoms with E-state index in [-0.39, 0.29) is 17.8 Å². The van der Waals surface area contributed by atoms with Gasteiger partial charge >= 0.3 is 0 Å². The van der Waals surface area contributed by atoms with Crippen molar-refractivity contribution in [2.75, 3.05) is 0 Å². The van der Waals surface area contributed by atoms with Crippen LogP contribution in [0.25, 0.3) is 22.2 Å². The van der Waals surface area contributed by atoms with E-state index in [1.807, 2.05) is 43.3 Å². The van der Waals surface area contributed by atoms with E-state index in [1.54, 1.807) is 18.4 Å². The molecule has 1 unspecified atom stereocenters. The van der Waals surface area contributed by atoms with E-state index in [0.29, 0.717) is 19.3 Å². The van der Waals surface area contributed by atoms with Crippen LogP contribution in [0.5, 0.6) is 0 Å². The number of carbonyl (C=O) groups is 1. The molecular weight excluding hydrogens is 367 g/mol. The third kappa shape index (κ3) is 4.40. The summed E-state index contributed by atoms with van der Waals surface area (Å²) in [5.41, 5.74) is 3.92. The molecule has 2 heterocycles. The fourth-order valence-electron chi connectivity index (χ4n) is 3.69. The quantitative estimate of drug-likeness (QED) is 0.453. The number of halogens is 1. The predicted molar refractivity (Wildman–Crippen MR) is 112 cm³/mol. The molecule has 148 valence electrons. The lowest BCUT2D eigenvalue weighted by molar-refractivity contribution is -0.121. The van der Waals surface area contributed by atoms with Gasteiger partial charge in [0.15, 0.2) is 0 Å². The van der Waals surface area contributed by atoms with Gasteiger partial charge in [-0.05, 0) is 66.9 Å². The molecule has 0 saturated heterocycles. The van der Waals surface area contributed by atoms with E-state index >= 15 is 0 Å². The van der Waals surface area contributed by atoms with Gasteiger partial charge < -0.3 is 14.7 Å². The summed E-state index contributed by atoms with van der Waals surface area (Å²) in [5.74, 6) is 0.587. The normalized spacial score (nSPS) is 12.2. The Kier molecular flexibility index (Phi) is 5.47. The molecule has 2 aromatic heterocycles. The van der Waals surface area contributed by atoms with E-state index in [0.717, 1.165) is 33.5 Å². The van der Waals surface area contributed by atoms with Crippen LogP contribution >= 0.6 is 0 Å². The van der Waals surface area contributed by atoms with Crippen LogP contribution in [-0.2, 0) is 17.6 Å². The largest absolute Gasteiger partial charge is 0.469 e. The topological polar surface area (TPSA) is 58.0 Å². The number of para-hydroxylation sites is 1. The van der Waals surface area contributed by atoms with Crippen molar-refractivity contribution in [2.24, 2.45) is 0 Å². The third-order valence-electron chi connectivity index (χ3n) is 5.04. The molecule has 0 aliphatic carbocycles. The number of rotatable bonds is 7. The first-order chi connectivity index (χ1) is 14.1. The molecule has 4 aromatic rings. The lowest BCUT2D eigenvalue weighted by Crippen LogP contribution is -2.34. The number of aryl methyl sites for hydroxylation is 1. The number of carbonyl (C=O) groups excluding carboxylic acids is 1. The summed E-state index contributed by atoms with van der Waals surface area (Å²) in [6.07, 6.45) is 3.26. The molecule has 0 radical (unpaired) electrons. The molecule has 2 N–H and O–H groups in total. The molecule has 2 aromatic carbocycles. The van der Waals surface area contributed by atoms with Crippen LogP contribution in [0, 0.1) is 5.82 Å². The Bertz CT molecular complexity index is 1100. The van der Waals surface area contributed by atoms with Crippen LogP contribution < -0.4 is 5.32 Å². The van der Waals surface area contributed by atoms with Crippen LogP contribution in [0.4, 0.5) is 4.39 Å². The lowest BCUT2D eigenvalue weighted by Gasteiger charge is -2.13. The Labute approximate surface area is 168 Å². The van der Waals surface area contributed by atoms with Gasteiger partial charge in [-0.2, -0.15) is 0 Å². The van der Waals surface area contributed by atoms with Crippen molar-refractivity contribution in [1.82, 2.24) is 10.3 Å². The van der Waals surface area contributed by atoms with Crippen molar-refractivity contribution in [3.05, 3.63) is 84.1 Å². The smallest absolute Gasteiger partial charge is 0.220 e. The van der Waals surface area contributed by atoms with E-state index in [9.17, 15) is 9.18 Å². The van der Waals surface area contributed by atoms with E-state index < -0.39 is 0 Å². The average molecular weight is 390 g/mol. The number of furan rings is 1. The highest BCUT2D eigenvalue weighted by atomic mass is 19.1. The molecule has 0 spiro atoms. The summed E-state index contributed by atoms with van der Waals surface area (Å²) < 4.78 is 18.7. The SMILES string of the molecule is CC(Cc1ccco1)NC(=O)CCc1c(-c2ccc(F)cc2)[nH]c2ccccc12. The molecule has 29 heavy (non-hydrogen) atoms. The summed E-state index contributed by atoms with van der Waals surface area (Å²) in [6.45, 7) is 1.97. The Morgan fingerprint density at radius 1 is 1.10 bits per heavy atom. The Morgan fingerprint density at radius 3 is 2.66 bits per heavy atom. The molecule has 0 aliphatic rings. The standard InChI is InChI=1S/C24H23FN2O2/c1-16(15-19-5-4-14-29-19)26-23(28)13-12-21-20-6-2-3-7-22(20)27-24(21)17-8-10-18(25)11-9-17/h2-11,14,16,27H,12-13,15H2,1H3,(H,26,28). The number of hydrogen-bond donors (Lipinski definition) is 2. The Morgan fingerprint density at radius 2 is 1.90 bits per heavy atom. The van der Waals surface area contributed by atoms with Gasteiger partial charge in [-0.25, -0.2) is 4.39 Å². The minimum atomic E-state index is -0.267. The number of aromatic nitrogens is 1. The zero-order valence-corrected chi connectivity index (χ0v) is 16.2. The molecule has 5 heteroatoms. The minimum Gasteiger partial charge on any atom is -0.469 e. The maximum atomic E-state index is 13.3. The van der Waals surface area contributed by atoms with E-state index in [4.69, 9.17) is 4.42 Å². The van der Waals surface area contributed by atoms with Crippen molar-refractivity contribution in [3.63, 3.8) is 0 Å². The molecule has 0 bridgehead atoms. The van der Waals surface area contributed by atoms with Crippen molar-refractivity contribution in [2.45, 2.75) is 32.2 Å². The summed E-state index contributed by atoms with van der Waals surface area (Å²) in [6, 6.07) is 18.2. The predicted octanol–water partition coefficient (Wildman–Crippen LogP) is 5.25. The summed E-state index contributed by atoms with van der Waals surface area (Å²) in [4.78, 5) is 15.9. The number of hydrogen-bond acceptors (Lipinski definition) is 2. The van der Waals surface area contributed by atoms with E-state index in [2.05, 4.69) is 10.3 Å². The van der Waals surface area contributed by atoms with Gasteiger partial charge in [-0.1, -0.05) is 18.2 Å². The van der Waals surface area contributed by atoms with Crippen LogP contribution in [0.15, 0.2) is 71.3 Å². The molecule has 0 fully saturated rings. The zero-order valence-electron chi connectivity index (χ0n) is 16.2. The van der Waals surface area contributed by atoms with Gasteiger partial charge in [-0.3, -0.25) is 4.79 Å². The zero-order chi connectivity index (χ0) is 20.2. The monoisotopic (exact) mass is 390 g/mol. The van der Waals surface area contributed by atoms with Gasteiger partial charge in [0, 0.05) is 35.5 Å². The second-order valence-electron chi connectivity index (χ2n) is 7.28. The fraction of sp³-hybridized carbons (Fsp3) is 0.208. The van der Waals surface area contributed by atoms with Crippen molar-refractivity contribution in [3.8, 4) is 11.3 Å². The van der Waals surface area contributed by atoms with Gasteiger partial charge in [-0.15, -0.1) is 0 Å². The molecule has 4 nitrogen and oxygen atoms in total. The van der Waals surface area contributed by atoms with Crippen molar-refractivity contribution in [1.29, 1.82) is 0 Å². The minimum absolute atomic E-state index is 0.000562. The number of benzene rings is 2. The lowest BCUT2D eigenvalue weighted by atomic mass is 10.0. The molecular formula is C24H23FN2O2. The van der Waals surface area contributed by atoms with Crippen molar-refractivity contribution >= 4 is 16.8 Å². The van der Waals surface area contributed by atoms with E-state index in [1.165, 1.54) is 12.1 Å². The van der Waals surface area contributed by atoms with Crippen LogP contribution in [0.2, 0.25) is 0 Å². The van der Waals surface area contributed by atoms with Gasteiger partial charge in [0.2, 0.25) is 5.91 Å². The first kappa shape index (κ1) is 19.0. The Balaban J connectivity index is 1.50. The van der Waals surface area contributed by atoms with Crippen LogP contribution in [0.1, 0.15) is 24.7 Å². The molecule has 1 atom stereocenters. The van der Waals surface area contributed by atoms with Gasteiger partial charge in [0.1, 0.15) is 11.6 Å². The highest BCUT2D eigenvalue weighted by Crippen LogP contribution is 2.31. The number of amides is 1. The summed E-state index contributed by atoms with van der Waals surface area (Å²) >= 11 is 0. The molecule has 0 saturated carbocycles. The van der Waals surface area contributed by atoms with Gasteiger partial charge in [0.25, 0.3) is 0 Å². The molecule has 0 aliphatic heterocycles. The first-order valence-corrected chi connectivity index (χ1v) is 9.77.